The Morgan fingerprint density at radius 3 is 2.51 bits per heavy atom. The monoisotopic (exact) mass is 648 g/mol. The number of aromatic carboxylic acids is 1. The van der Waals surface area contributed by atoms with Crippen LogP contribution in [0.1, 0.15) is 46.9 Å². The van der Waals surface area contributed by atoms with Gasteiger partial charge in [0, 0.05) is 0 Å². The molecule has 1 atom stereocenters. The molecule has 1 aliphatic heterocycles. The standard InChI is InChI=1S/C33H29ClN2O8S/c1-5-43-32(40)27-18(2)35-33-36(28(27)21-9-11-23(41-3)12-10-21)30(37)26(45-33)16-20-14-24(34)29(25(15-20)42-4)44-17-19-7-6-8-22(13-19)31(38)39/h6-16,28H,5,17H2,1-4H3,(H,38,39)/b26-16+/t28-/m0/s1. The molecule has 0 bridgehead atoms. The lowest BCUT2D eigenvalue weighted by molar-refractivity contribution is -0.139. The second kappa shape index (κ2) is 13.4. The molecule has 4 aromatic rings. The molecule has 0 radical (unpaired) electrons. The number of esters is 1. The van der Waals surface area contributed by atoms with Gasteiger partial charge in [-0.2, -0.15) is 0 Å². The zero-order valence-electron chi connectivity index (χ0n) is 24.8. The number of hydrogen-bond acceptors (Lipinski definition) is 9. The number of fused-ring (bicyclic) bond motifs is 1. The summed E-state index contributed by atoms with van der Waals surface area (Å²) in [5, 5.41) is 9.50. The van der Waals surface area contributed by atoms with E-state index in [-0.39, 0.29) is 40.7 Å². The molecular weight excluding hydrogens is 620 g/mol. The van der Waals surface area contributed by atoms with Crippen molar-refractivity contribution >= 4 is 41.0 Å². The third-order valence-electron chi connectivity index (χ3n) is 7.06. The van der Waals surface area contributed by atoms with E-state index in [2.05, 4.69) is 4.99 Å². The van der Waals surface area contributed by atoms with Crippen molar-refractivity contribution in [3.8, 4) is 17.2 Å². The number of carboxylic acid groups (broad SMARTS) is 1. The highest BCUT2D eigenvalue weighted by atomic mass is 35.5. The van der Waals surface area contributed by atoms with Gasteiger partial charge in [0.2, 0.25) is 0 Å². The van der Waals surface area contributed by atoms with Crippen LogP contribution in [0.25, 0.3) is 6.08 Å². The predicted octanol–water partition coefficient (Wildman–Crippen LogP) is 4.75. The van der Waals surface area contributed by atoms with Gasteiger partial charge in [-0.3, -0.25) is 9.36 Å². The molecule has 3 aromatic carbocycles. The third-order valence-corrected chi connectivity index (χ3v) is 8.32. The summed E-state index contributed by atoms with van der Waals surface area (Å²) in [5.41, 5.74) is 2.45. The molecule has 1 aliphatic rings. The second-order valence-corrected chi connectivity index (χ2v) is 11.3. The van der Waals surface area contributed by atoms with Gasteiger partial charge in [0.25, 0.3) is 5.56 Å². The van der Waals surface area contributed by atoms with E-state index < -0.39 is 18.0 Å². The minimum absolute atomic E-state index is 0.0582. The molecule has 0 saturated carbocycles. The summed E-state index contributed by atoms with van der Waals surface area (Å²) in [6.45, 7) is 3.67. The fourth-order valence-corrected chi connectivity index (χ4v) is 6.28. The molecule has 1 N–H and O–H groups in total. The minimum atomic E-state index is -1.04. The van der Waals surface area contributed by atoms with Crippen LogP contribution in [0.5, 0.6) is 17.2 Å². The van der Waals surface area contributed by atoms with Crippen LogP contribution in [0.3, 0.4) is 0 Å². The van der Waals surface area contributed by atoms with Crippen LogP contribution >= 0.6 is 22.9 Å². The fourth-order valence-electron chi connectivity index (χ4n) is 4.96. The van der Waals surface area contributed by atoms with Gasteiger partial charge in [-0.25, -0.2) is 14.6 Å². The molecule has 5 rings (SSSR count). The van der Waals surface area contributed by atoms with Crippen molar-refractivity contribution in [1.82, 2.24) is 4.57 Å². The number of thiazole rings is 1. The van der Waals surface area contributed by atoms with Crippen molar-refractivity contribution < 1.29 is 33.6 Å². The number of halogens is 1. The van der Waals surface area contributed by atoms with Gasteiger partial charge in [0.15, 0.2) is 16.3 Å². The molecule has 0 aliphatic carbocycles. The number of allylic oxidation sites excluding steroid dienone is 1. The summed E-state index contributed by atoms with van der Waals surface area (Å²) in [7, 11) is 3.03. The van der Waals surface area contributed by atoms with Crippen LogP contribution in [0.2, 0.25) is 5.02 Å². The Balaban J connectivity index is 1.55. The second-order valence-electron chi connectivity index (χ2n) is 9.90. The van der Waals surface area contributed by atoms with Crippen LogP contribution in [0, 0.1) is 0 Å². The van der Waals surface area contributed by atoms with Gasteiger partial charge in [0.1, 0.15) is 12.4 Å². The van der Waals surface area contributed by atoms with Gasteiger partial charge >= 0.3 is 11.9 Å². The van der Waals surface area contributed by atoms with E-state index in [1.807, 2.05) is 0 Å². The highest BCUT2D eigenvalue weighted by molar-refractivity contribution is 7.07. The lowest BCUT2D eigenvalue weighted by atomic mass is 9.96. The number of carbonyl (C=O) groups is 2. The molecule has 12 heteroatoms. The first-order valence-electron chi connectivity index (χ1n) is 13.8. The molecule has 0 unspecified atom stereocenters. The summed E-state index contributed by atoms with van der Waals surface area (Å²) < 4.78 is 24.0. The fraction of sp³-hybridized carbons (Fsp3) is 0.212. The zero-order valence-corrected chi connectivity index (χ0v) is 26.4. The average molecular weight is 649 g/mol. The van der Waals surface area contributed by atoms with Crippen LogP contribution in [-0.2, 0) is 16.1 Å². The predicted molar refractivity (Wildman–Crippen MR) is 169 cm³/mol. The molecule has 45 heavy (non-hydrogen) atoms. The normalized spacial score (nSPS) is 14.4. The number of hydrogen-bond donors (Lipinski definition) is 1. The Morgan fingerprint density at radius 2 is 1.84 bits per heavy atom. The van der Waals surface area contributed by atoms with Crippen molar-refractivity contribution in [3.63, 3.8) is 0 Å². The number of carbonyl (C=O) groups excluding carboxylic acids is 1. The average Bonchev–Trinajstić information content (AvgIpc) is 3.33. The maximum atomic E-state index is 14.0. The van der Waals surface area contributed by atoms with Crippen LogP contribution in [0.4, 0.5) is 0 Å². The number of ether oxygens (including phenoxy) is 4. The lowest BCUT2D eigenvalue weighted by Crippen LogP contribution is -2.39. The number of nitrogens with zero attached hydrogens (tertiary/aromatic N) is 2. The molecule has 10 nitrogen and oxygen atoms in total. The van der Waals surface area contributed by atoms with E-state index in [4.69, 9.17) is 30.5 Å². The molecule has 0 spiro atoms. The quantitative estimate of drug-likeness (QED) is 0.244. The molecule has 0 amide bonds. The SMILES string of the molecule is CCOC(=O)C1=C(C)N=c2s/c(=C/c3cc(Cl)c(OCc4cccc(C(=O)O)c4)c(OC)c3)c(=O)n2[C@H]1c1ccc(OC)cc1. The number of benzene rings is 3. The van der Waals surface area contributed by atoms with Crippen LogP contribution in [0.15, 0.2) is 81.7 Å². The Hall–Kier alpha value is -4.87. The Labute approximate surface area is 267 Å². The largest absolute Gasteiger partial charge is 0.497 e. The van der Waals surface area contributed by atoms with Crippen molar-refractivity contribution in [1.29, 1.82) is 0 Å². The van der Waals surface area contributed by atoms with E-state index in [0.717, 1.165) is 0 Å². The number of aromatic nitrogens is 1. The Morgan fingerprint density at radius 1 is 1.09 bits per heavy atom. The highest BCUT2D eigenvalue weighted by Gasteiger charge is 2.33. The highest BCUT2D eigenvalue weighted by Crippen LogP contribution is 2.37. The summed E-state index contributed by atoms with van der Waals surface area (Å²) in [5.74, 6) is -0.350. The van der Waals surface area contributed by atoms with Crippen LogP contribution in [-0.4, -0.2) is 42.4 Å². The summed E-state index contributed by atoms with van der Waals surface area (Å²) in [4.78, 5) is 43.4. The van der Waals surface area contributed by atoms with Gasteiger partial charge < -0.3 is 24.1 Å². The van der Waals surface area contributed by atoms with Crippen molar-refractivity contribution in [2.45, 2.75) is 26.5 Å². The lowest BCUT2D eigenvalue weighted by Gasteiger charge is -2.24. The zero-order chi connectivity index (χ0) is 32.2. The van der Waals surface area contributed by atoms with Crippen LogP contribution < -0.4 is 29.1 Å². The van der Waals surface area contributed by atoms with E-state index in [1.165, 1.54) is 35.1 Å². The molecule has 1 aromatic heterocycles. The maximum Gasteiger partial charge on any atom is 0.338 e. The minimum Gasteiger partial charge on any atom is -0.497 e. The first kappa shape index (κ1) is 31.6. The molecule has 232 valence electrons. The Kier molecular flexibility index (Phi) is 9.40. The molecular formula is C33H29ClN2O8S. The van der Waals surface area contributed by atoms with Crippen molar-refractivity contribution in [2.24, 2.45) is 4.99 Å². The van der Waals surface area contributed by atoms with Crippen molar-refractivity contribution in [3.05, 3.63) is 119 Å². The smallest absolute Gasteiger partial charge is 0.338 e. The van der Waals surface area contributed by atoms with E-state index in [9.17, 15) is 19.5 Å². The topological polar surface area (TPSA) is 126 Å². The number of rotatable bonds is 10. The van der Waals surface area contributed by atoms with E-state index in [0.29, 0.717) is 43.2 Å². The van der Waals surface area contributed by atoms with Gasteiger partial charge in [-0.1, -0.05) is 47.2 Å². The third kappa shape index (κ3) is 6.50. The summed E-state index contributed by atoms with van der Waals surface area (Å²) in [6, 6.07) is 16.1. The molecule has 0 fully saturated rings. The van der Waals surface area contributed by atoms with E-state index in [1.54, 1.807) is 75.6 Å². The summed E-state index contributed by atoms with van der Waals surface area (Å²) >= 11 is 7.80. The van der Waals surface area contributed by atoms with Gasteiger partial charge in [-0.15, -0.1) is 0 Å². The molecule has 2 heterocycles. The molecule has 0 saturated heterocycles. The van der Waals surface area contributed by atoms with E-state index >= 15 is 0 Å². The number of carboxylic acids is 1. The first-order chi connectivity index (χ1) is 21.6. The first-order valence-corrected chi connectivity index (χ1v) is 15.0. The Bertz CT molecular complexity index is 2000. The van der Waals surface area contributed by atoms with Crippen molar-refractivity contribution in [2.75, 3.05) is 20.8 Å². The van der Waals surface area contributed by atoms with Gasteiger partial charge in [-0.05, 0) is 73.0 Å². The maximum absolute atomic E-state index is 14.0. The van der Waals surface area contributed by atoms with Gasteiger partial charge in [0.05, 0.1) is 53.3 Å². The summed E-state index contributed by atoms with van der Waals surface area (Å²) in [6.07, 6.45) is 1.67. The number of methoxy groups -OCH3 is 2.